The molecule has 0 amide bonds. The number of ether oxygens (including phenoxy) is 1. The van der Waals surface area contributed by atoms with E-state index in [0.29, 0.717) is 11.7 Å². The Bertz CT molecular complexity index is 329. The summed E-state index contributed by atoms with van der Waals surface area (Å²) < 4.78 is 10.8. The largest absolute Gasteiger partial charge is 0.367 e. The maximum Gasteiger partial charge on any atom is 0.229 e. The molecule has 0 bridgehead atoms. The molecule has 3 rings (SSSR count). The monoisotopic (exact) mass is 209 g/mol. The average molecular weight is 209 g/mol. The van der Waals surface area contributed by atoms with E-state index in [9.17, 15) is 0 Å². The molecule has 2 aliphatic rings. The van der Waals surface area contributed by atoms with Crippen LogP contribution in [0.25, 0.3) is 0 Å². The van der Waals surface area contributed by atoms with Gasteiger partial charge >= 0.3 is 0 Å². The van der Waals surface area contributed by atoms with Gasteiger partial charge in [0, 0.05) is 19.0 Å². The van der Waals surface area contributed by atoms with Crippen LogP contribution in [0, 0.1) is 0 Å². The van der Waals surface area contributed by atoms with Gasteiger partial charge in [-0.3, -0.25) is 0 Å². The number of morpholine rings is 1. The average Bonchev–Trinajstić information content (AvgIpc) is 2.66. The van der Waals surface area contributed by atoms with E-state index in [0.717, 1.165) is 25.6 Å². The highest BCUT2D eigenvalue weighted by atomic mass is 16.5. The first-order chi connectivity index (χ1) is 7.43. The lowest BCUT2D eigenvalue weighted by Crippen LogP contribution is -2.33. The summed E-state index contributed by atoms with van der Waals surface area (Å²) in [6, 6.07) is 0. The molecule has 5 heteroatoms. The van der Waals surface area contributed by atoms with Crippen LogP contribution in [-0.2, 0) is 4.74 Å². The predicted molar refractivity (Wildman–Crippen MR) is 52.5 cm³/mol. The maximum absolute atomic E-state index is 5.56. The van der Waals surface area contributed by atoms with Crippen LogP contribution in [0.1, 0.15) is 43.0 Å². The van der Waals surface area contributed by atoms with E-state index in [4.69, 9.17) is 9.26 Å². The lowest BCUT2D eigenvalue weighted by atomic mass is 9.85. The summed E-state index contributed by atoms with van der Waals surface area (Å²) >= 11 is 0. The normalized spacial score (nSPS) is 27.6. The van der Waals surface area contributed by atoms with E-state index in [-0.39, 0.29) is 6.10 Å². The first kappa shape index (κ1) is 9.30. The highest BCUT2D eigenvalue weighted by Gasteiger charge is 2.28. The quantitative estimate of drug-likeness (QED) is 0.787. The topological polar surface area (TPSA) is 60.2 Å². The Balaban J connectivity index is 1.71. The van der Waals surface area contributed by atoms with Gasteiger partial charge in [-0.05, 0) is 12.8 Å². The Kier molecular flexibility index (Phi) is 2.42. The molecule has 1 saturated heterocycles. The number of hydrogen-bond donors (Lipinski definition) is 1. The summed E-state index contributed by atoms with van der Waals surface area (Å²) in [6.07, 6.45) is 3.62. The summed E-state index contributed by atoms with van der Waals surface area (Å²) in [4.78, 5) is 4.41. The second-order valence-corrected chi connectivity index (χ2v) is 4.18. The van der Waals surface area contributed by atoms with Crippen molar-refractivity contribution in [2.45, 2.75) is 31.3 Å². The zero-order chi connectivity index (χ0) is 10.1. The molecule has 1 N–H and O–H groups in total. The minimum absolute atomic E-state index is 0.0312. The SMILES string of the molecule is C1CC(c2nc(C3CNCCO3)no2)C1. The molecular weight excluding hydrogens is 194 g/mol. The molecule has 2 fully saturated rings. The first-order valence-electron chi connectivity index (χ1n) is 5.59. The van der Waals surface area contributed by atoms with Gasteiger partial charge < -0.3 is 14.6 Å². The summed E-state index contributed by atoms with van der Waals surface area (Å²) in [5, 5.41) is 7.24. The zero-order valence-corrected chi connectivity index (χ0v) is 8.61. The zero-order valence-electron chi connectivity index (χ0n) is 8.61. The van der Waals surface area contributed by atoms with Crippen LogP contribution in [-0.4, -0.2) is 29.8 Å². The van der Waals surface area contributed by atoms with Crippen LogP contribution >= 0.6 is 0 Å². The van der Waals surface area contributed by atoms with E-state index in [1.54, 1.807) is 0 Å². The Morgan fingerprint density at radius 3 is 2.93 bits per heavy atom. The van der Waals surface area contributed by atoms with E-state index < -0.39 is 0 Å². The number of nitrogens with zero attached hydrogens (tertiary/aromatic N) is 2. The Morgan fingerprint density at radius 2 is 2.27 bits per heavy atom. The van der Waals surface area contributed by atoms with E-state index >= 15 is 0 Å². The molecule has 1 aliphatic carbocycles. The van der Waals surface area contributed by atoms with Gasteiger partial charge in [-0.1, -0.05) is 11.6 Å². The van der Waals surface area contributed by atoms with Gasteiger partial charge in [0.2, 0.25) is 11.7 Å². The number of nitrogens with one attached hydrogen (secondary N) is 1. The van der Waals surface area contributed by atoms with Crippen LogP contribution in [0.15, 0.2) is 4.52 Å². The fourth-order valence-electron chi connectivity index (χ4n) is 1.93. The van der Waals surface area contributed by atoms with Crippen LogP contribution in [0.3, 0.4) is 0 Å². The highest BCUT2D eigenvalue weighted by molar-refractivity contribution is 5.00. The molecule has 1 aromatic heterocycles. The third kappa shape index (κ3) is 1.77. The van der Waals surface area contributed by atoms with Crippen molar-refractivity contribution >= 4 is 0 Å². The molecule has 1 atom stereocenters. The minimum atomic E-state index is -0.0312. The first-order valence-corrected chi connectivity index (χ1v) is 5.59. The molecule has 2 heterocycles. The van der Waals surface area contributed by atoms with Crippen LogP contribution in [0.5, 0.6) is 0 Å². The third-order valence-corrected chi connectivity index (χ3v) is 3.13. The second-order valence-electron chi connectivity index (χ2n) is 4.18. The summed E-state index contributed by atoms with van der Waals surface area (Å²) in [5.41, 5.74) is 0. The molecule has 5 nitrogen and oxygen atoms in total. The van der Waals surface area contributed by atoms with Gasteiger partial charge in [0.1, 0.15) is 6.10 Å². The summed E-state index contributed by atoms with van der Waals surface area (Å²) in [5.74, 6) is 2.00. The van der Waals surface area contributed by atoms with Crippen molar-refractivity contribution < 1.29 is 9.26 Å². The Morgan fingerprint density at radius 1 is 1.33 bits per heavy atom. The van der Waals surface area contributed by atoms with Crippen LogP contribution < -0.4 is 5.32 Å². The highest BCUT2D eigenvalue weighted by Crippen LogP contribution is 2.35. The Hall–Kier alpha value is -0.940. The molecule has 82 valence electrons. The molecule has 1 unspecified atom stereocenters. The summed E-state index contributed by atoms with van der Waals surface area (Å²) in [6.45, 7) is 2.41. The van der Waals surface area contributed by atoms with Crippen LogP contribution in [0.4, 0.5) is 0 Å². The summed E-state index contributed by atoms with van der Waals surface area (Å²) in [7, 11) is 0. The fraction of sp³-hybridized carbons (Fsp3) is 0.800. The van der Waals surface area contributed by atoms with Crippen molar-refractivity contribution in [3.63, 3.8) is 0 Å². The third-order valence-electron chi connectivity index (χ3n) is 3.13. The van der Waals surface area contributed by atoms with Gasteiger partial charge in [-0.15, -0.1) is 0 Å². The van der Waals surface area contributed by atoms with Gasteiger partial charge in [-0.2, -0.15) is 4.98 Å². The number of aromatic nitrogens is 2. The van der Waals surface area contributed by atoms with Crippen LogP contribution in [0.2, 0.25) is 0 Å². The molecule has 0 radical (unpaired) electrons. The van der Waals surface area contributed by atoms with Gasteiger partial charge in [0.25, 0.3) is 0 Å². The minimum Gasteiger partial charge on any atom is -0.367 e. The Labute approximate surface area is 88.2 Å². The molecule has 15 heavy (non-hydrogen) atoms. The standard InChI is InChI=1S/C10H15N3O2/c1-2-7(3-1)10-12-9(13-15-10)8-6-11-4-5-14-8/h7-8,11H,1-6H2. The van der Waals surface area contributed by atoms with Crippen molar-refractivity contribution in [1.29, 1.82) is 0 Å². The van der Waals surface area contributed by atoms with E-state index in [1.807, 2.05) is 0 Å². The fourth-order valence-corrected chi connectivity index (χ4v) is 1.93. The molecule has 1 aliphatic heterocycles. The van der Waals surface area contributed by atoms with Gasteiger partial charge in [0.05, 0.1) is 6.61 Å². The molecule has 0 spiro atoms. The van der Waals surface area contributed by atoms with Crippen molar-refractivity contribution in [3.05, 3.63) is 11.7 Å². The maximum atomic E-state index is 5.56. The van der Waals surface area contributed by atoms with E-state index in [1.165, 1.54) is 19.3 Å². The number of rotatable bonds is 2. The predicted octanol–water partition coefficient (Wildman–Crippen LogP) is 0.998. The molecule has 1 saturated carbocycles. The van der Waals surface area contributed by atoms with Crippen molar-refractivity contribution in [1.82, 2.24) is 15.5 Å². The smallest absolute Gasteiger partial charge is 0.229 e. The van der Waals surface area contributed by atoms with Crippen molar-refractivity contribution in [3.8, 4) is 0 Å². The second kappa shape index (κ2) is 3.90. The molecule has 1 aromatic rings. The molecular formula is C10H15N3O2. The number of hydrogen-bond acceptors (Lipinski definition) is 5. The lowest BCUT2D eigenvalue weighted by molar-refractivity contribution is 0.0208. The van der Waals surface area contributed by atoms with E-state index in [2.05, 4.69) is 15.5 Å². The van der Waals surface area contributed by atoms with Gasteiger partial charge in [0.15, 0.2) is 0 Å². The van der Waals surface area contributed by atoms with Crippen molar-refractivity contribution in [2.75, 3.05) is 19.7 Å². The lowest BCUT2D eigenvalue weighted by Gasteiger charge is -2.21. The van der Waals surface area contributed by atoms with Gasteiger partial charge in [-0.25, -0.2) is 0 Å². The van der Waals surface area contributed by atoms with Crippen molar-refractivity contribution in [2.24, 2.45) is 0 Å². The molecule has 0 aromatic carbocycles.